The van der Waals surface area contributed by atoms with Crippen LogP contribution in [0.5, 0.6) is 0 Å². The third-order valence-electron chi connectivity index (χ3n) is 8.04. The van der Waals surface area contributed by atoms with E-state index >= 15 is 0 Å². The maximum absolute atomic E-state index is 13.0. The summed E-state index contributed by atoms with van der Waals surface area (Å²) < 4.78 is 28.6. The fraction of sp³-hybridized carbons (Fsp3) is 0.419. The number of sulfonamides is 1. The van der Waals surface area contributed by atoms with E-state index in [4.69, 9.17) is 0 Å². The minimum Gasteiger partial charge on any atom is -0.387 e. The number of benzene rings is 2. The van der Waals surface area contributed by atoms with Gasteiger partial charge in [-0.05, 0) is 73.3 Å². The Bertz CT molecular complexity index is 1380. The van der Waals surface area contributed by atoms with Gasteiger partial charge >= 0.3 is 6.03 Å². The van der Waals surface area contributed by atoms with Crippen LogP contribution in [0.25, 0.3) is 0 Å². The van der Waals surface area contributed by atoms with Crippen LogP contribution in [0.3, 0.4) is 0 Å². The molecule has 1 saturated heterocycles. The van der Waals surface area contributed by atoms with E-state index in [1.54, 1.807) is 59.8 Å². The highest BCUT2D eigenvalue weighted by Gasteiger charge is 2.30. The Morgan fingerprint density at radius 1 is 1.00 bits per heavy atom. The van der Waals surface area contributed by atoms with Crippen molar-refractivity contribution in [2.24, 2.45) is 5.92 Å². The molecular weight excluding hydrogens is 538 g/mol. The van der Waals surface area contributed by atoms with Gasteiger partial charge in [0, 0.05) is 55.5 Å². The van der Waals surface area contributed by atoms with Gasteiger partial charge in [-0.1, -0.05) is 43.9 Å². The zero-order chi connectivity index (χ0) is 28.7. The van der Waals surface area contributed by atoms with Gasteiger partial charge in [-0.2, -0.15) is 0 Å². The van der Waals surface area contributed by atoms with E-state index in [2.05, 4.69) is 15.0 Å². The molecule has 2 aromatic carbocycles. The van der Waals surface area contributed by atoms with E-state index < -0.39 is 16.1 Å². The highest BCUT2D eigenvalue weighted by atomic mass is 32.2. The van der Waals surface area contributed by atoms with Crippen LogP contribution in [0, 0.1) is 5.92 Å². The van der Waals surface area contributed by atoms with Crippen molar-refractivity contribution >= 4 is 27.4 Å². The summed E-state index contributed by atoms with van der Waals surface area (Å²) in [6.45, 7) is 3.20. The largest absolute Gasteiger partial charge is 0.387 e. The summed E-state index contributed by atoms with van der Waals surface area (Å²) in [5.74, 6) is 0.741. The van der Waals surface area contributed by atoms with Gasteiger partial charge in [0.1, 0.15) is 0 Å². The lowest BCUT2D eigenvalue weighted by molar-refractivity contribution is 0.174. The Kier molecular flexibility index (Phi) is 9.53. The van der Waals surface area contributed by atoms with Crippen molar-refractivity contribution in [3.8, 4) is 0 Å². The number of amides is 2. The summed E-state index contributed by atoms with van der Waals surface area (Å²) in [6, 6.07) is 17.4. The summed E-state index contributed by atoms with van der Waals surface area (Å²) in [7, 11) is -3.77. The molecule has 1 aliphatic carbocycles. The zero-order valence-electron chi connectivity index (χ0n) is 23.3. The topological polar surface area (TPSA) is 115 Å². The molecule has 41 heavy (non-hydrogen) atoms. The van der Waals surface area contributed by atoms with Crippen LogP contribution in [-0.4, -0.2) is 62.2 Å². The molecule has 0 spiro atoms. The van der Waals surface area contributed by atoms with Gasteiger partial charge in [0.15, 0.2) is 0 Å². The van der Waals surface area contributed by atoms with Crippen LogP contribution < -0.4 is 14.9 Å². The number of carbonyl (C=O) groups is 1. The first-order chi connectivity index (χ1) is 19.9. The molecule has 0 unspecified atom stereocenters. The molecule has 3 N–H and O–H groups in total. The minimum atomic E-state index is -3.77. The summed E-state index contributed by atoms with van der Waals surface area (Å²) in [4.78, 5) is 20.7. The fourth-order valence-corrected chi connectivity index (χ4v) is 6.65. The van der Waals surface area contributed by atoms with Gasteiger partial charge in [-0.15, -0.1) is 0 Å². The molecule has 9 nitrogen and oxygen atoms in total. The number of anilines is 2. The lowest BCUT2D eigenvalue weighted by Gasteiger charge is -2.20. The fourth-order valence-electron chi connectivity index (χ4n) is 5.59. The van der Waals surface area contributed by atoms with E-state index in [1.165, 1.54) is 25.7 Å². The molecule has 2 fully saturated rings. The SMILES string of the molecule is O=C1N(CCC2CCCC2)CCN1c1ccc(S(=O)(=O)Nc2ccc(CCNC[C@H](O)c3cccnc3)cc2)cc1. The van der Waals surface area contributed by atoms with Gasteiger partial charge in [0.25, 0.3) is 10.0 Å². The summed E-state index contributed by atoms with van der Waals surface area (Å²) in [5, 5.41) is 13.5. The standard InChI is InChI=1S/C31H39N5O4S/c37-30(26-6-3-17-32-22-26)23-33-18-15-25-7-9-27(10-8-25)34-41(39,40)29-13-11-28(12-14-29)36-21-20-35(31(36)38)19-16-24-4-1-2-5-24/h3,6-14,17,22,24,30,33-34,37H,1-2,4-5,15-16,18-21,23H2/t30-/m0/s1. The molecule has 5 rings (SSSR count). The number of nitrogens with one attached hydrogen (secondary N) is 2. The average Bonchev–Trinajstić information content (AvgIpc) is 3.65. The van der Waals surface area contributed by atoms with Crippen molar-refractivity contribution in [1.82, 2.24) is 15.2 Å². The summed E-state index contributed by atoms with van der Waals surface area (Å²) >= 11 is 0. The Morgan fingerprint density at radius 2 is 1.76 bits per heavy atom. The quantitative estimate of drug-likeness (QED) is 0.257. The Morgan fingerprint density at radius 3 is 2.46 bits per heavy atom. The molecule has 1 saturated carbocycles. The third kappa shape index (κ3) is 7.63. The second kappa shape index (κ2) is 13.5. The molecule has 0 bridgehead atoms. The van der Waals surface area contributed by atoms with E-state index in [1.807, 2.05) is 23.1 Å². The van der Waals surface area contributed by atoms with Crippen LogP contribution >= 0.6 is 0 Å². The van der Waals surface area contributed by atoms with Crippen molar-refractivity contribution in [3.05, 3.63) is 84.2 Å². The number of aliphatic hydroxyl groups excluding tert-OH is 1. The molecular formula is C31H39N5O4S. The van der Waals surface area contributed by atoms with E-state index in [-0.39, 0.29) is 10.9 Å². The molecule has 2 amide bonds. The molecule has 3 aromatic rings. The molecule has 0 radical (unpaired) electrons. The van der Waals surface area contributed by atoms with Crippen LogP contribution in [0.15, 0.2) is 78.0 Å². The number of urea groups is 1. The highest BCUT2D eigenvalue weighted by Crippen LogP contribution is 2.29. The molecule has 1 atom stereocenters. The number of rotatable bonds is 13. The zero-order valence-corrected chi connectivity index (χ0v) is 24.1. The molecule has 2 aliphatic rings. The van der Waals surface area contributed by atoms with Crippen molar-refractivity contribution in [1.29, 1.82) is 0 Å². The van der Waals surface area contributed by atoms with E-state index in [0.717, 1.165) is 36.4 Å². The minimum absolute atomic E-state index is 0.00306. The molecule has 10 heteroatoms. The molecule has 218 valence electrons. The normalized spacial score (nSPS) is 16.9. The van der Waals surface area contributed by atoms with Crippen LogP contribution in [-0.2, 0) is 16.4 Å². The first kappa shape index (κ1) is 29.0. The summed E-state index contributed by atoms with van der Waals surface area (Å²) in [5.41, 5.74) is 3.01. The maximum Gasteiger partial charge on any atom is 0.324 e. The number of aliphatic hydroxyl groups is 1. The third-order valence-corrected chi connectivity index (χ3v) is 9.44. The first-order valence-corrected chi connectivity index (χ1v) is 15.9. The average molecular weight is 578 g/mol. The molecule has 2 heterocycles. The monoisotopic (exact) mass is 577 g/mol. The Balaban J connectivity index is 1.09. The highest BCUT2D eigenvalue weighted by molar-refractivity contribution is 7.92. The van der Waals surface area contributed by atoms with Crippen molar-refractivity contribution in [2.75, 3.05) is 42.3 Å². The first-order valence-electron chi connectivity index (χ1n) is 14.5. The predicted octanol–water partition coefficient (Wildman–Crippen LogP) is 4.57. The second-order valence-electron chi connectivity index (χ2n) is 10.9. The lowest BCUT2D eigenvalue weighted by Crippen LogP contribution is -2.33. The van der Waals surface area contributed by atoms with Gasteiger partial charge < -0.3 is 15.3 Å². The predicted molar refractivity (Wildman–Crippen MR) is 160 cm³/mol. The van der Waals surface area contributed by atoms with Gasteiger partial charge in [0.2, 0.25) is 0 Å². The van der Waals surface area contributed by atoms with Crippen molar-refractivity contribution in [2.45, 2.75) is 49.5 Å². The van der Waals surface area contributed by atoms with Crippen LogP contribution in [0.1, 0.15) is 49.3 Å². The summed E-state index contributed by atoms with van der Waals surface area (Å²) in [6.07, 6.45) is 9.67. The lowest BCUT2D eigenvalue weighted by atomic mass is 10.0. The number of hydrogen-bond acceptors (Lipinski definition) is 6. The van der Waals surface area contributed by atoms with E-state index in [9.17, 15) is 18.3 Å². The maximum atomic E-state index is 13.0. The van der Waals surface area contributed by atoms with Gasteiger partial charge in [-0.25, -0.2) is 13.2 Å². The number of aromatic nitrogens is 1. The van der Waals surface area contributed by atoms with Crippen LogP contribution in [0.4, 0.5) is 16.2 Å². The smallest absolute Gasteiger partial charge is 0.324 e. The van der Waals surface area contributed by atoms with Crippen molar-refractivity contribution < 1.29 is 18.3 Å². The van der Waals surface area contributed by atoms with E-state index in [0.29, 0.717) is 37.6 Å². The number of carbonyl (C=O) groups excluding carboxylic acids is 1. The number of pyridine rings is 1. The van der Waals surface area contributed by atoms with Crippen LogP contribution in [0.2, 0.25) is 0 Å². The molecule has 1 aliphatic heterocycles. The number of hydrogen-bond donors (Lipinski definition) is 3. The van der Waals surface area contributed by atoms with Gasteiger partial charge in [-0.3, -0.25) is 14.6 Å². The number of nitrogens with zero attached hydrogens (tertiary/aromatic N) is 3. The second-order valence-corrected chi connectivity index (χ2v) is 12.6. The molecule has 1 aromatic heterocycles. The van der Waals surface area contributed by atoms with Crippen molar-refractivity contribution in [3.63, 3.8) is 0 Å². The Labute approximate surface area is 242 Å². The van der Waals surface area contributed by atoms with Gasteiger partial charge in [0.05, 0.1) is 11.0 Å². The Hall–Kier alpha value is -3.47.